The maximum absolute atomic E-state index is 12.9. The number of rotatable bonds is 6. The first-order valence-corrected chi connectivity index (χ1v) is 9.80. The molecule has 0 fully saturated rings. The number of aromatic amines is 1. The number of thioether (sulfide) groups is 1. The van der Waals surface area contributed by atoms with Gasteiger partial charge in [-0.05, 0) is 23.3 Å². The van der Waals surface area contributed by atoms with Gasteiger partial charge in [-0.3, -0.25) is 4.79 Å². The summed E-state index contributed by atoms with van der Waals surface area (Å²) in [6.45, 7) is 0. The quantitative estimate of drug-likeness (QED) is 0.650. The number of hydrogen-bond acceptors (Lipinski definition) is 6. The summed E-state index contributed by atoms with van der Waals surface area (Å²) in [6, 6.07) is 17.6. The molecule has 0 saturated heterocycles. The van der Waals surface area contributed by atoms with Gasteiger partial charge in [0, 0.05) is 6.42 Å². The minimum absolute atomic E-state index is 0.0697. The number of hydrazone groups is 1. The van der Waals surface area contributed by atoms with E-state index in [1.807, 2.05) is 54.6 Å². The second kappa shape index (κ2) is 8.26. The summed E-state index contributed by atoms with van der Waals surface area (Å²) >= 11 is 1.34. The van der Waals surface area contributed by atoms with E-state index in [9.17, 15) is 4.79 Å². The number of methoxy groups -OCH3 is 1. The molecule has 4 rings (SSSR count). The normalized spacial score (nSPS) is 16.1. The van der Waals surface area contributed by atoms with Crippen molar-refractivity contribution in [3.8, 4) is 5.75 Å². The predicted molar refractivity (Wildman–Crippen MR) is 107 cm³/mol. The molecule has 0 aliphatic carbocycles. The van der Waals surface area contributed by atoms with Crippen molar-refractivity contribution in [1.29, 1.82) is 0 Å². The van der Waals surface area contributed by atoms with Crippen LogP contribution in [0.15, 0.2) is 70.9 Å². The van der Waals surface area contributed by atoms with Gasteiger partial charge < -0.3 is 4.74 Å². The number of aromatic nitrogens is 3. The molecule has 28 heavy (non-hydrogen) atoms. The Morgan fingerprint density at radius 3 is 2.68 bits per heavy atom. The fraction of sp³-hybridized carbons (Fsp3) is 0.200. The van der Waals surface area contributed by atoms with Crippen molar-refractivity contribution in [2.75, 3.05) is 12.9 Å². The van der Waals surface area contributed by atoms with Crippen molar-refractivity contribution >= 4 is 23.4 Å². The van der Waals surface area contributed by atoms with Crippen LogP contribution < -0.4 is 4.74 Å². The Morgan fingerprint density at radius 2 is 2.00 bits per heavy atom. The van der Waals surface area contributed by atoms with Crippen molar-refractivity contribution in [3.05, 3.63) is 71.9 Å². The molecule has 1 amide bonds. The zero-order chi connectivity index (χ0) is 19.3. The Kier molecular flexibility index (Phi) is 5.38. The molecule has 1 N–H and O–H groups in total. The first-order valence-electron chi connectivity index (χ1n) is 8.82. The van der Waals surface area contributed by atoms with Crippen molar-refractivity contribution in [1.82, 2.24) is 20.4 Å². The maximum Gasteiger partial charge on any atom is 0.253 e. The fourth-order valence-electron chi connectivity index (χ4n) is 3.09. The second-order valence-electron chi connectivity index (χ2n) is 6.24. The summed E-state index contributed by atoms with van der Waals surface area (Å²) in [5.41, 5.74) is 2.96. The average Bonchev–Trinajstić information content (AvgIpc) is 3.43. The molecule has 7 nitrogen and oxygen atoms in total. The van der Waals surface area contributed by atoms with Gasteiger partial charge in [0.05, 0.1) is 30.8 Å². The molecule has 0 bridgehead atoms. The number of benzene rings is 2. The van der Waals surface area contributed by atoms with E-state index in [0.717, 1.165) is 22.6 Å². The van der Waals surface area contributed by atoms with Crippen LogP contribution in [0.2, 0.25) is 0 Å². The van der Waals surface area contributed by atoms with Crippen LogP contribution in [-0.4, -0.2) is 44.9 Å². The Labute approximate surface area is 166 Å². The molecule has 0 spiro atoms. The Bertz CT molecular complexity index is 958. The molecule has 8 heteroatoms. The molecule has 142 valence electrons. The lowest BCUT2D eigenvalue weighted by Crippen LogP contribution is -2.28. The van der Waals surface area contributed by atoms with E-state index in [1.54, 1.807) is 18.3 Å². The number of ether oxygens (including phenoxy) is 1. The lowest BCUT2D eigenvalue weighted by atomic mass is 9.98. The van der Waals surface area contributed by atoms with Gasteiger partial charge in [-0.1, -0.05) is 54.2 Å². The Morgan fingerprint density at radius 1 is 1.21 bits per heavy atom. The zero-order valence-corrected chi connectivity index (χ0v) is 16.1. The number of hydrogen-bond donors (Lipinski definition) is 1. The fourth-order valence-corrected chi connectivity index (χ4v) is 3.73. The van der Waals surface area contributed by atoms with Crippen LogP contribution in [0, 0.1) is 0 Å². The van der Waals surface area contributed by atoms with Gasteiger partial charge in [-0.2, -0.15) is 15.4 Å². The summed E-state index contributed by atoms with van der Waals surface area (Å²) in [5, 5.41) is 17.2. The molecule has 1 aromatic heterocycles. The highest BCUT2D eigenvalue weighted by Crippen LogP contribution is 2.34. The third-order valence-electron chi connectivity index (χ3n) is 4.51. The van der Waals surface area contributed by atoms with E-state index >= 15 is 0 Å². The third kappa shape index (κ3) is 3.91. The molecule has 0 radical (unpaired) electrons. The van der Waals surface area contributed by atoms with Gasteiger partial charge in [0.15, 0.2) is 0 Å². The summed E-state index contributed by atoms with van der Waals surface area (Å²) in [4.78, 5) is 12.9. The topological polar surface area (TPSA) is 83.5 Å². The largest absolute Gasteiger partial charge is 0.497 e. The molecule has 3 aromatic rings. The van der Waals surface area contributed by atoms with E-state index in [4.69, 9.17) is 4.74 Å². The molecular formula is C20H19N5O2S. The van der Waals surface area contributed by atoms with Crippen LogP contribution in [0.5, 0.6) is 5.75 Å². The third-order valence-corrected chi connectivity index (χ3v) is 5.39. The molecule has 1 aliphatic rings. The lowest BCUT2D eigenvalue weighted by molar-refractivity contribution is -0.130. The zero-order valence-electron chi connectivity index (χ0n) is 15.3. The summed E-state index contributed by atoms with van der Waals surface area (Å²) in [5.74, 6) is 0.954. The van der Waals surface area contributed by atoms with Gasteiger partial charge >= 0.3 is 0 Å². The van der Waals surface area contributed by atoms with Crippen LogP contribution in [0.25, 0.3) is 0 Å². The number of nitrogens with zero attached hydrogens (tertiary/aromatic N) is 4. The van der Waals surface area contributed by atoms with E-state index in [0.29, 0.717) is 11.4 Å². The van der Waals surface area contributed by atoms with E-state index in [-0.39, 0.29) is 17.7 Å². The molecule has 2 heterocycles. The van der Waals surface area contributed by atoms with Crippen LogP contribution in [0.3, 0.4) is 0 Å². The number of carbonyl (C=O) groups is 1. The first-order chi connectivity index (χ1) is 13.7. The highest BCUT2D eigenvalue weighted by Gasteiger charge is 2.33. The molecule has 1 aliphatic heterocycles. The number of H-pyrrole nitrogens is 1. The van der Waals surface area contributed by atoms with Crippen molar-refractivity contribution in [3.63, 3.8) is 0 Å². The Hall–Kier alpha value is -3.13. The Balaban J connectivity index is 1.58. The SMILES string of the molecule is COc1ccc(C2CC(c3ccccc3)=NN2C(=O)CSc2cn[nH]n2)cc1. The van der Waals surface area contributed by atoms with Crippen molar-refractivity contribution in [2.45, 2.75) is 17.5 Å². The number of amides is 1. The number of carbonyl (C=O) groups excluding carboxylic acids is 1. The van der Waals surface area contributed by atoms with Gasteiger partial charge in [0.1, 0.15) is 10.8 Å². The maximum atomic E-state index is 12.9. The molecule has 1 atom stereocenters. The van der Waals surface area contributed by atoms with E-state index in [1.165, 1.54) is 11.8 Å². The average molecular weight is 393 g/mol. The minimum Gasteiger partial charge on any atom is -0.497 e. The summed E-state index contributed by atoms with van der Waals surface area (Å²) < 4.78 is 5.25. The minimum atomic E-state index is -0.147. The van der Waals surface area contributed by atoms with Crippen LogP contribution in [0.4, 0.5) is 0 Å². The van der Waals surface area contributed by atoms with Gasteiger partial charge in [0.25, 0.3) is 5.91 Å². The first kappa shape index (κ1) is 18.2. The van der Waals surface area contributed by atoms with Gasteiger partial charge in [-0.15, -0.1) is 5.10 Å². The van der Waals surface area contributed by atoms with Crippen molar-refractivity contribution < 1.29 is 9.53 Å². The highest BCUT2D eigenvalue weighted by molar-refractivity contribution is 7.99. The predicted octanol–water partition coefficient (Wildman–Crippen LogP) is 3.28. The molecular weight excluding hydrogens is 374 g/mol. The standard InChI is InChI=1S/C20H19N5O2S/c1-27-16-9-7-15(8-10-16)18-11-17(14-5-3-2-4-6-14)23-25(18)20(26)13-28-19-12-21-24-22-19/h2-10,12,18H,11,13H2,1H3,(H,21,22,24). The molecule has 1 unspecified atom stereocenters. The molecule has 2 aromatic carbocycles. The highest BCUT2D eigenvalue weighted by atomic mass is 32.2. The summed E-state index contributed by atoms with van der Waals surface area (Å²) in [7, 11) is 1.64. The van der Waals surface area contributed by atoms with Crippen molar-refractivity contribution in [2.24, 2.45) is 5.10 Å². The van der Waals surface area contributed by atoms with Gasteiger partial charge in [0.2, 0.25) is 0 Å². The smallest absolute Gasteiger partial charge is 0.253 e. The van der Waals surface area contributed by atoms with Crippen LogP contribution in [-0.2, 0) is 4.79 Å². The summed E-state index contributed by atoms with van der Waals surface area (Å²) in [6.07, 6.45) is 2.26. The lowest BCUT2D eigenvalue weighted by Gasteiger charge is -2.22. The van der Waals surface area contributed by atoms with E-state index in [2.05, 4.69) is 20.5 Å². The van der Waals surface area contributed by atoms with E-state index < -0.39 is 0 Å². The second-order valence-corrected chi connectivity index (χ2v) is 7.24. The monoisotopic (exact) mass is 393 g/mol. The molecule has 0 saturated carbocycles. The van der Waals surface area contributed by atoms with Gasteiger partial charge in [-0.25, -0.2) is 5.01 Å². The number of nitrogens with one attached hydrogen (secondary N) is 1. The van der Waals surface area contributed by atoms with Crippen LogP contribution >= 0.6 is 11.8 Å². The van der Waals surface area contributed by atoms with Crippen LogP contribution in [0.1, 0.15) is 23.6 Å².